The predicted octanol–water partition coefficient (Wildman–Crippen LogP) is 4.47. The third kappa shape index (κ3) is 4.92. The molecule has 0 aromatic heterocycles. The van der Waals surface area contributed by atoms with Crippen LogP contribution in [0.15, 0.2) is 42.5 Å². The fourth-order valence-corrected chi connectivity index (χ4v) is 3.71. The summed E-state index contributed by atoms with van der Waals surface area (Å²) in [6, 6.07) is 14.0. The molecule has 0 aliphatic carbocycles. The molecule has 1 aliphatic rings. The van der Waals surface area contributed by atoms with Gasteiger partial charge in [-0.05, 0) is 49.3 Å². The van der Waals surface area contributed by atoms with Crippen molar-refractivity contribution in [2.75, 3.05) is 20.6 Å². The number of likely N-dealkylation sites (N-methyl/N-ethyl adjacent to an activating group) is 1. The minimum Gasteiger partial charge on any atom is -0.333 e. The number of amides is 1. The van der Waals surface area contributed by atoms with E-state index in [0.29, 0.717) is 23.0 Å². The molecular formula is C20H23Cl3N2O. The maximum atomic E-state index is 13.0. The zero-order valence-corrected chi connectivity index (χ0v) is 17.2. The summed E-state index contributed by atoms with van der Waals surface area (Å²) in [4.78, 5) is 17.1. The van der Waals surface area contributed by atoms with Gasteiger partial charge in [0.05, 0.1) is 16.5 Å². The van der Waals surface area contributed by atoms with Gasteiger partial charge in [0.1, 0.15) is 0 Å². The Morgan fingerprint density at radius 2 is 1.81 bits per heavy atom. The van der Waals surface area contributed by atoms with Gasteiger partial charge < -0.3 is 9.80 Å². The Hall–Kier alpha value is -1.26. The normalized spacial score (nSPS) is 16.2. The van der Waals surface area contributed by atoms with Gasteiger partial charge in [0, 0.05) is 19.1 Å². The first-order valence-corrected chi connectivity index (χ1v) is 9.14. The largest absolute Gasteiger partial charge is 0.333 e. The minimum atomic E-state index is 0. The number of carbonyl (C=O) groups excluding carboxylic acids is 1. The highest BCUT2D eigenvalue weighted by Crippen LogP contribution is 2.26. The average molecular weight is 414 g/mol. The third-order valence-corrected chi connectivity index (χ3v) is 5.33. The van der Waals surface area contributed by atoms with Crippen LogP contribution in [0.25, 0.3) is 0 Å². The summed E-state index contributed by atoms with van der Waals surface area (Å²) < 4.78 is 0. The van der Waals surface area contributed by atoms with Gasteiger partial charge in [-0.1, -0.05) is 53.5 Å². The highest BCUT2D eigenvalue weighted by Gasteiger charge is 2.29. The van der Waals surface area contributed by atoms with Crippen molar-refractivity contribution in [3.05, 3.63) is 69.2 Å². The predicted molar refractivity (Wildman–Crippen MR) is 110 cm³/mol. The fourth-order valence-electron chi connectivity index (χ4n) is 3.39. The topological polar surface area (TPSA) is 23.6 Å². The summed E-state index contributed by atoms with van der Waals surface area (Å²) in [7, 11) is 4.09. The summed E-state index contributed by atoms with van der Waals surface area (Å²) in [5, 5.41) is 0.996. The first-order chi connectivity index (χ1) is 11.9. The molecule has 140 valence electrons. The molecule has 0 radical (unpaired) electrons. The van der Waals surface area contributed by atoms with E-state index in [1.807, 2.05) is 31.1 Å². The summed E-state index contributed by atoms with van der Waals surface area (Å²) in [6.45, 7) is 1.51. The molecule has 0 unspecified atom stereocenters. The highest BCUT2D eigenvalue weighted by atomic mass is 35.5. The van der Waals surface area contributed by atoms with Gasteiger partial charge >= 0.3 is 0 Å². The molecule has 1 heterocycles. The molecule has 1 atom stereocenters. The highest BCUT2D eigenvalue weighted by molar-refractivity contribution is 6.42. The molecule has 3 rings (SSSR count). The Morgan fingerprint density at radius 1 is 1.12 bits per heavy atom. The lowest BCUT2D eigenvalue weighted by molar-refractivity contribution is -0.134. The van der Waals surface area contributed by atoms with Crippen LogP contribution in [0.2, 0.25) is 10.0 Å². The van der Waals surface area contributed by atoms with Crippen molar-refractivity contribution in [3.8, 4) is 0 Å². The zero-order chi connectivity index (χ0) is 18.0. The molecule has 3 nitrogen and oxygen atoms in total. The summed E-state index contributed by atoms with van der Waals surface area (Å²) in [5.41, 5.74) is 3.47. The van der Waals surface area contributed by atoms with Gasteiger partial charge in [-0.2, -0.15) is 0 Å². The quantitative estimate of drug-likeness (QED) is 0.738. The van der Waals surface area contributed by atoms with E-state index < -0.39 is 0 Å². The summed E-state index contributed by atoms with van der Waals surface area (Å²) in [5.74, 6) is 0.125. The second kappa shape index (κ2) is 9.09. The number of halogens is 3. The molecule has 6 heteroatoms. The van der Waals surface area contributed by atoms with Crippen molar-refractivity contribution in [2.24, 2.45) is 0 Å². The molecule has 0 bridgehead atoms. The van der Waals surface area contributed by atoms with Crippen molar-refractivity contribution in [3.63, 3.8) is 0 Å². The maximum absolute atomic E-state index is 13.0. The number of nitrogens with zero attached hydrogens (tertiary/aromatic N) is 2. The second-order valence-electron chi connectivity index (χ2n) is 6.84. The van der Waals surface area contributed by atoms with Crippen LogP contribution in [0.4, 0.5) is 0 Å². The first kappa shape index (κ1) is 21.0. The molecule has 0 spiro atoms. The Morgan fingerprint density at radius 3 is 2.46 bits per heavy atom. The molecule has 0 N–H and O–H groups in total. The average Bonchev–Trinajstić information content (AvgIpc) is 2.57. The molecule has 1 aliphatic heterocycles. The lowest BCUT2D eigenvalue weighted by Gasteiger charge is -2.38. The van der Waals surface area contributed by atoms with Crippen molar-refractivity contribution < 1.29 is 4.79 Å². The van der Waals surface area contributed by atoms with Crippen LogP contribution in [-0.4, -0.2) is 42.4 Å². The van der Waals surface area contributed by atoms with E-state index >= 15 is 0 Å². The smallest absolute Gasteiger partial charge is 0.227 e. The van der Waals surface area contributed by atoms with E-state index in [2.05, 4.69) is 23.1 Å². The summed E-state index contributed by atoms with van der Waals surface area (Å²) >= 11 is 12.1. The standard InChI is InChI=1S/C20H22Cl2N2O.ClH/c1-23(2)13-17-11-15-5-3-4-6-16(15)12-24(17)20(25)10-14-7-8-18(21)19(22)9-14;/h3-9,17H,10-13H2,1-2H3;1H/t17-;/m1./s1. The van der Waals surface area contributed by atoms with Gasteiger partial charge in [-0.3, -0.25) is 4.79 Å². The van der Waals surface area contributed by atoms with Gasteiger partial charge in [-0.15, -0.1) is 12.4 Å². The van der Waals surface area contributed by atoms with E-state index in [0.717, 1.165) is 18.5 Å². The van der Waals surface area contributed by atoms with E-state index in [1.165, 1.54) is 11.1 Å². The Labute approximate surface area is 171 Å². The number of hydrogen-bond acceptors (Lipinski definition) is 2. The third-order valence-electron chi connectivity index (χ3n) is 4.59. The Kier molecular flexibility index (Phi) is 7.36. The number of carbonyl (C=O) groups is 1. The number of rotatable bonds is 4. The van der Waals surface area contributed by atoms with Crippen LogP contribution in [0, 0.1) is 0 Å². The van der Waals surface area contributed by atoms with Gasteiger partial charge in [0.25, 0.3) is 0 Å². The van der Waals surface area contributed by atoms with Gasteiger partial charge in [0.2, 0.25) is 5.91 Å². The fraction of sp³-hybridized carbons (Fsp3) is 0.350. The van der Waals surface area contributed by atoms with Gasteiger partial charge in [0.15, 0.2) is 0 Å². The maximum Gasteiger partial charge on any atom is 0.227 e. The zero-order valence-electron chi connectivity index (χ0n) is 14.9. The van der Waals surface area contributed by atoms with E-state index in [4.69, 9.17) is 23.2 Å². The van der Waals surface area contributed by atoms with Crippen LogP contribution in [0.1, 0.15) is 16.7 Å². The van der Waals surface area contributed by atoms with Crippen molar-refractivity contribution in [1.29, 1.82) is 0 Å². The summed E-state index contributed by atoms with van der Waals surface area (Å²) in [6.07, 6.45) is 1.23. The minimum absolute atomic E-state index is 0. The number of hydrogen-bond donors (Lipinski definition) is 0. The Balaban J connectivity index is 0.00000243. The molecule has 0 fully saturated rings. The van der Waals surface area contributed by atoms with Crippen LogP contribution < -0.4 is 0 Å². The second-order valence-corrected chi connectivity index (χ2v) is 7.65. The van der Waals surface area contributed by atoms with Crippen LogP contribution >= 0.6 is 35.6 Å². The van der Waals surface area contributed by atoms with Crippen molar-refractivity contribution >= 4 is 41.5 Å². The van der Waals surface area contributed by atoms with Crippen molar-refractivity contribution in [1.82, 2.24) is 9.80 Å². The molecule has 26 heavy (non-hydrogen) atoms. The molecule has 1 amide bonds. The van der Waals surface area contributed by atoms with Crippen LogP contribution in [0.5, 0.6) is 0 Å². The molecule has 2 aromatic carbocycles. The van der Waals surface area contributed by atoms with Crippen LogP contribution in [-0.2, 0) is 24.2 Å². The van der Waals surface area contributed by atoms with E-state index in [9.17, 15) is 4.79 Å². The van der Waals surface area contributed by atoms with Crippen molar-refractivity contribution in [2.45, 2.75) is 25.4 Å². The molecule has 0 saturated heterocycles. The van der Waals surface area contributed by atoms with E-state index in [1.54, 1.807) is 12.1 Å². The lowest BCUT2D eigenvalue weighted by Crippen LogP contribution is -2.49. The first-order valence-electron chi connectivity index (χ1n) is 8.39. The Bertz CT molecular complexity index is 779. The molecular weight excluding hydrogens is 391 g/mol. The lowest BCUT2D eigenvalue weighted by atomic mass is 9.93. The van der Waals surface area contributed by atoms with E-state index in [-0.39, 0.29) is 24.4 Å². The molecule has 0 saturated carbocycles. The monoisotopic (exact) mass is 412 g/mol. The van der Waals surface area contributed by atoms with Crippen LogP contribution in [0.3, 0.4) is 0 Å². The SMILES string of the molecule is CN(C)C[C@H]1Cc2ccccc2CN1C(=O)Cc1ccc(Cl)c(Cl)c1.Cl. The number of fused-ring (bicyclic) bond motifs is 1. The molecule has 2 aromatic rings. The van der Waals surface area contributed by atoms with Gasteiger partial charge in [-0.25, -0.2) is 0 Å². The number of benzene rings is 2.